The molecular formula is C8H13N3O3. The number of rotatable bonds is 5. The van der Waals surface area contributed by atoms with E-state index in [1.165, 1.54) is 0 Å². The van der Waals surface area contributed by atoms with Crippen LogP contribution in [0.2, 0.25) is 0 Å². The molecule has 6 nitrogen and oxygen atoms in total. The van der Waals surface area contributed by atoms with E-state index in [-0.39, 0.29) is 18.2 Å². The van der Waals surface area contributed by atoms with E-state index in [0.29, 0.717) is 12.3 Å². The van der Waals surface area contributed by atoms with Crippen LogP contribution < -0.4 is 5.73 Å². The number of nitrogens with two attached hydrogens (primary N) is 1. The molecule has 14 heavy (non-hydrogen) atoms. The highest BCUT2D eigenvalue weighted by Crippen LogP contribution is 2.05. The maximum absolute atomic E-state index is 11.2. The third-order valence-corrected chi connectivity index (χ3v) is 1.66. The van der Waals surface area contributed by atoms with E-state index in [4.69, 9.17) is 10.5 Å². The summed E-state index contributed by atoms with van der Waals surface area (Å²) in [4.78, 5) is 11.2. The van der Waals surface area contributed by atoms with Gasteiger partial charge >= 0.3 is 5.97 Å². The molecule has 0 aliphatic rings. The van der Waals surface area contributed by atoms with Crippen LogP contribution in [0, 0.1) is 0 Å². The largest absolute Gasteiger partial charge is 0.465 e. The summed E-state index contributed by atoms with van der Waals surface area (Å²) in [7, 11) is 0. The standard InChI is InChI=1S/C8H13N3O3/c1-2-3-4-13-7(12)5-6-8(9)11-14-10-6/h2-5H2,1H3,(H2,9,11). The number of anilines is 1. The molecule has 0 aromatic carbocycles. The highest BCUT2D eigenvalue weighted by molar-refractivity contribution is 5.73. The number of nitrogens with zero attached hydrogens (tertiary/aromatic N) is 2. The molecule has 0 radical (unpaired) electrons. The van der Waals surface area contributed by atoms with Crippen molar-refractivity contribution in [2.45, 2.75) is 26.2 Å². The Hall–Kier alpha value is -1.59. The van der Waals surface area contributed by atoms with Crippen LogP contribution in [0.3, 0.4) is 0 Å². The zero-order chi connectivity index (χ0) is 10.4. The van der Waals surface area contributed by atoms with Crippen LogP contribution in [0.4, 0.5) is 5.82 Å². The third kappa shape index (κ3) is 3.04. The van der Waals surface area contributed by atoms with Crippen molar-refractivity contribution in [2.75, 3.05) is 12.3 Å². The lowest BCUT2D eigenvalue weighted by atomic mass is 10.3. The highest BCUT2D eigenvalue weighted by Gasteiger charge is 2.12. The van der Waals surface area contributed by atoms with Gasteiger partial charge in [0, 0.05) is 0 Å². The average molecular weight is 199 g/mol. The number of hydrogen-bond donors (Lipinski definition) is 1. The molecule has 0 saturated carbocycles. The first-order valence-corrected chi connectivity index (χ1v) is 4.46. The molecule has 0 unspecified atom stereocenters. The van der Waals surface area contributed by atoms with Crippen LogP contribution in [0.15, 0.2) is 4.63 Å². The fourth-order valence-corrected chi connectivity index (χ4v) is 0.854. The molecule has 0 fully saturated rings. The van der Waals surface area contributed by atoms with E-state index < -0.39 is 0 Å². The van der Waals surface area contributed by atoms with Gasteiger partial charge in [-0.15, -0.1) is 0 Å². The number of unbranched alkanes of at least 4 members (excludes halogenated alkanes) is 1. The van der Waals surface area contributed by atoms with Crippen molar-refractivity contribution in [3.8, 4) is 0 Å². The lowest BCUT2D eigenvalue weighted by Crippen LogP contribution is -2.10. The molecule has 1 rings (SSSR count). The number of carbonyl (C=O) groups is 1. The Kier molecular flexibility index (Phi) is 3.90. The van der Waals surface area contributed by atoms with E-state index in [9.17, 15) is 4.79 Å². The Balaban J connectivity index is 2.31. The molecule has 1 aromatic heterocycles. The summed E-state index contributed by atoms with van der Waals surface area (Å²) in [5, 5.41) is 6.82. The topological polar surface area (TPSA) is 91.2 Å². The molecule has 0 spiro atoms. The minimum Gasteiger partial charge on any atom is -0.465 e. The van der Waals surface area contributed by atoms with E-state index in [1.807, 2.05) is 6.92 Å². The van der Waals surface area contributed by atoms with Gasteiger partial charge in [-0.25, -0.2) is 4.63 Å². The average Bonchev–Trinajstić information content (AvgIpc) is 2.52. The zero-order valence-corrected chi connectivity index (χ0v) is 8.02. The van der Waals surface area contributed by atoms with Crippen LogP contribution in [0.25, 0.3) is 0 Å². The Labute approximate surface area is 81.4 Å². The minimum atomic E-state index is -0.360. The fourth-order valence-electron chi connectivity index (χ4n) is 0.854. The van der Waals surface area contributed by atoms with E-state index in [1.54, 1.807) is 0 Å². The second kappa shape index (κ2) is 5.21. The number of nitrogen functional groups attached to an aromatic ring is 1. The van der Waals surface area contributed by atoms with Crippen molar-refractivity contribution in [2.24, 2.45) is 0 Å². The number of carbonyl (C=O) groups excluding carboxylic acids is 1. The molecule has 0 aliphatic carbocycles. The van der Waals surface area contributed by atoms with Crippen LogP contribution in [-0.4, -0.2) is 22.9 Å². The number of aromatic nitrogens is 2. The highest BCUT2D eigenvalue weighted by atomic mass is 16.6. The van der Waals surface area contributed by atoms with Crippen molar-refractivity contribution < 1.29 is 14.2 Å². The molecule has 0 atom stereocenters. The molecule has 0 aliphatic heterocycles. The summed E-state index contributed by atoms with van der Waals surface area (Å²) in [5.74, 6) is -0.224. The minimum absolute atomic E-state index is 0.0129. The van der Waals surface area contributed by atoms with Crippen molar-refractivity contribution in [3.05, 3.63) is 5.69 Å². The molecular weight excluding hydrogens is 186 g/mol. The molecule has 78 valence electrons. The number of esters is 1. The van der Waals surface area contributed by atoms with E-state index >= 15 is 0 Å². The molecule has 2 N–H and O–H groups in total. The van der Waals surface area contributed by atoms with Crippen molar-refractivity contribution in [3.63, 3.8) is 0 Å². The van der Waals surface area contributed by atoms with Gasteiger partial charge in [-0.05, 0) is 11.6 Å². The lowest BCUT2D eigenvalue weighted by Gasteiger charge is -2.01. The maximum atomic E-state index is 11.2. The molecule has 6 heteroatoms. The van der Waals surface area contributed by atoms with Gasteiger partial charge in [-0.2, -0.15) is 0 Å². The van der Waals surface area contributed by atoms with E-state index in [0.717, 1.165) is 12.8 Å². The van der Waals surface area contributed by atoms with Gasteiger partial charge in [-0.3, -0.25) is 4.79 Å². The van der Waals surface area contributed by atoms with Crippen LogP contribution in [0.5, 0.6) is 0 Å². The second-order valence-electron chi connectivity index (χ2n) is 2.85. The Morgan fingerprint density at radius 3 is 2.93 bits per heavy atom. The second-order valence-corrected chi connectivity index (χ2v) is 2.85. The van der Waals surface area contributed by atoms with Crippen molar-refractivity contribution in [1.82, 2.24) is 10.3 Å². The quantitative estimate of drug-likeness (QED) is 0.549. The van der Waals surface area contributed by atoms with Crippen molar-refractivity contribution in [1.29, 1.82) is 0 Å². The van der Waals surface area contributed by atoms with Crippen LogP contribution in [0.1, 0.15) is 25.5 Å². The lowest BCUT2D eigenvalue weighted by molar-refractivity contribution is -0.143. The summed E-state index contributed by atoms with van der Waals surface area (Å²) in [6, 6.07) is 0. The first kappa shape index (κ1) is 10.5. The maximum Gasteiger partial charge on any atom is 0.312 e. The Bertz CT molecular complexity index is 298. The molecule has 1 aromatic rings. The summed E-state index contributed by atoms with van der Waals surface area (Å²) < 4.78 is 9.25. The van der Waals surface area contributed by atoms with Crippen molar-refractivity contribution >= 4 is 11.8 Å². The number of hydrogen-bond acceptors (Lipinski definition) is 6. The SMILES string of the molecule is CCCCOC(=O)Cc1nonc1N. The van der Waals surface area contributed by atoms with Gasteiger partial charge in [0.05, 0.1) is 13.0 Å². The molecule has 0 bridgehead atoms. The van der Waals surface area contributed by atoms with Gasteiger partial charge in [0.1, 0.15) is 5.69 Å². The molecule has 0 amide bonds. The summed E-state index contributed by atoms with van der Waals surface area (Å²) in [6.07, 6.45) is 1.86. The third-order valence-electron chi connectivity index (χ3n) is 1.66. The van der Waals surface area contributed by atoms with Gasteiger partial charge in [0.2, 0.25) is 0 Å². The summed E-state index contributed by atoms with van der Waals surface area (Å²) in [5.41, 5.74) is 5.69. The number of ether oxygens (including phenoxy) is 1. The van der Waals surface area contributed by atoms with Gasteiger partial charge in [0.25, 0.3) is 0 Å². The predicted octanol–water partition coefficient (Wildman–Crippen LogP) is 0.538. The van der Waals surface area contributed by atoms with Crippen LogP contribution in [-0.2, 0) is 16.0 Å². The van der Waals surface area contributed by atoms with Gasteiger partial charge in [-0.1, -0.05) is 18.5 Å². The Morgan fingerprint density at radius 1 is 1.57 bits per heavy atom. The predicted molar refractivity (Wildman–Crippen MR) is 48.3 cm³/mol. The summed E-state index contributed by atoms with van der Waals surface area (Å²) in [6.45, 7) is 2.45. The zero-order valence-electron chi connectivity index (χ0n) is 8.02. The first-order chi connectivity index (χ1) is 6.74. The fraction of sp³-hybridized carbons (Fsp3) is 0.625. The molecule has 1 heterocycles. The Morgan fingerprint density at radius 2 is 2.36 bits per heavy atom. The smallest absolute Gasteiger partial charge is 0.312 e. The summed E-state index contributed by atoms with van der Waals surface area (Å²) >= 11 is 0. The molecule has 0 saturated heterocycles. The monoisotopic (exact) mass is 199 g/mol. The van der Waals surface area contributed by atoms with Crippen LogP contribution >= 0.6 is 0 Å². The van der Waals surface area contributed by atoms with Gasteiger partial charge < -0.3 is 10.5 Å². The normalized spacial score (nSPS) is 10.1. The van der Waals surface area contributed by atoms with Gasteiger partial charge in [0.15, 0.2) is 5.82 Å². The first-order valence-electron chi connectivity index (χ1n) is 4.46. The van der Waals surface area contributed by atoms with E-state index in [2.05, 4.69) is 14.9 Å².